The number of rotatable bonds is 6. The molecule has 0 aliphatic carbocycles. The van der Waals surface area contributed by atoms with E-state index in [1.165, 1.54) is 0 Å². The van der Waals surface area contributed by atoms with E-state index in [-0.39, 0.29) is 30.4 Å². The monoisotopic (exact) mass is 298 g/mol. The van der Waals surface area contributed by atoms with E-state index >= 15 is 0 Å². The van der Waals surface area contributed by atoms with Gasteiger partial charge in [-0.15, -0.1) is 0 Å². The van der Waals surface area contributed by atoms with Crippen LogP contribution >= 0.6 is 11.6 Å². The quantitative estimate of drug-likeness (QED) is 0.738. The Morgan fingerprint density at radius 1 is 1.20 bits per heavy atom. The van der Waals surface area contributed by atoms with E-state index in [1.807, 2.05) is 13.8 Å². The van der Waals surface area contributed by atoms with Gasteiger partial charge in [0.1, 0.15) is 0 Å². The largest absolute Gasteiger partial charge is 0.396 e. The smallest absolute Gasteiger partial charge is 0.251 e. The van der Waals surface area contributed by atoms with Gasteiger partial charge in [-0.3, -0.25) is 9.59 Å². The molecule has 0 radical (unpaired) electrons. The molecule has 0 saturated carbocycles. The van der Waals surface area contributed by atoms with Crippen LogP contribution in [0.2, 0.25) is 5.02 Å². The van der Waals surface area contributed by atoms with Gasteiger partial charge >= 0.3 is 0 Å². The first-order chi connectivity index (χ1) is 9.34. The van der Waals surface area contributed by atoms with Gasteiger partial charge in [0, 0.05) is 29.2 Å². The van der Waals surface area contributed by atoms with Gasteiger partial charge in [0.15, 0.2) is 0 Å². The van der Waals surface area contributed by atoms with E-state index in [9.17, 15) is 9.59 Å². The normalized spacial score (nSPS) is 11.0. The number of carbonyl (C=O) groups excluding carboxylic acids is 2. The number of hydrogen-bond acceptors (Lipinski definition) is 3. The lowest BCUT2D eigenvalue weighted by Gasteiger charge is -2.21. The topological polar surface area (TPSA) is 78.4 Å². The minimum Gasteiger partial charge on any atom is -0.396 e. The third kappa shape index (κ3) is 5.59. The molecule has 0 aromatic heterocycles. The fourth-order valence-corrected chi connectivity index (χ4v) is 1.45. The lowest BCUT2D eigenvalue weighted by atomic mass is 9.95. The SMILES string of the molecule is CC(C)(CO)CNC(=O)CNC(=O)c1ccc(Cl)cc1. The zero-order valence-corrected chi connectivity index (χ0v) is 12.3. The molecule has 0 atom stereocenters. The van der Waals surface area contributed by atoms with Crippen molar-refractivity contribution in [3.05, 3.63) is 34.9 Å². The summed E-state index contributed by atoms with van der Waals surface area (Å²) in [7, 11) is 0. The van der Waals surface area contributed by atoms with Gasteiger partial charge in [0.05, 0.1) is 6.54 Å². The van der Waals surface area contributed by atoms with Crippen LogP contribution < -0.4 is 10.6 Å². The highest BCUT2D eigenvalue weighted by Gasteiger charge is 2.17. The Labute approximate surface area is 123 Å². The molecular formula is C14H19ClN2O3. The molecule has 2 amide bonds. The first-order valence-corrected chi connectivity index (χ1v) is 6.63. The second-order valence-electron chi connectivity index (χ2n) is 5.29. The molecule has 6 heteroatoms. The van der Waals surface area contributed by atoms with Gasteiger partial charge < -0.3 is 15.7 Å². The van der Waals surface area contributed by atoms with E-state index in [4.69, 9.17) is 16.7 Å². The fraction of sp³-hybridized carbons (Fsp3) is 0.429. The minimum atomic E-state index is -0.379. The van der Waals surface area contributed by atoms with Crippen molar-refractivity contribution in [2.75, 3.05) is 19.7 Å². The Morgan fingerprint density at radius 3 is 2.35 bits per heavy atom. The summed E-state index contributed by atoms with van der Waals surface area (Å²) in [6, 6.07) is 6.40. The van der Waals surface area contributed by atoms with Crippen molar-refractivity contribution >= 4 is 23.4 Å². The van der Waals surface area contributed by atoms with Crippen molar-refractivity contribution in [3.8, 4) is 0 Å². The summed E-state index contributed by atoms with van der Waals surface area (Å²) in [5.74, 6) is -0.632. The molecule has 0 spiro atoms. The summed E-state index contributed by atoms with van der Waals surface area (Å²) in [4.78, 5) is 23.3. The van der Waals surface area contributed by atoms with E-state index in [0.29, 0.717) is 17.1 Å². The Balaban J connectivity index is 2.37. The number of hydrogen-bond donors (Lipinski definition) is 3. The lowest BCUT2D eigenvalue weighted by Crippen LogP contribution is -2.41. The number of benzene rings is 1. The van der Waals surface area contributed by atoms with Gasteiger partial charge in [-0.1, -0.05) is 25.4 Å². The third-order valence-corrected chi connectivity index (χ3v) is 2.96. The van der Waals surface area contributed by atoms with Crippen LogP contribution in [0.15, 0.2) is 24.3 Å². The molecule has 20 heavy (non-hydrogen) atoms. The molecule has 0 fully saturated rings. The molecule has 0 unspecified atom stereocenters. The molecule has 0 aliphatic heterocycles. The van der Waals surface area contributed by atoms with Crippen molar-refractivity contribution < 1.29 is 14.7 Å². The van der Waals surface area contributed by atoms with Crippen LogP contribution in [0.5, 0.6) is 0 Å². The van der Waals surface area contributed by atoms with Crippen molar-refractivity contribution in [2.45, 2.75) is 13.8 Å². The van der Waals surface area contributed by atoms with Crippen LogP contribution in [0.3, 0.4) is 0 Å². The number of nitrogens with one attached hydrogen (secondary N) is 2. The number of carbonyl (C=O) groups is 2. The summed E-state index contributed by atoms with van der Waals surface area (Å²) in [5.41, 5.74) is 0.0634. The van der Waals surface area contributed by atoms with Crippen LogP contribution in [-0.4, -0.2) is 36.6 Å². The van der Waals surface area contributed by atoms with Crippen LogP contribution in [0, 0.1) is 5.41 Å². The maximum atomic E-state index is 11.7. The van der Waals surface area contributed by atoms with Gasteiger partial charge in [0.2, 0.25) is 5.91 Å². The molecule has 1 rings (SSSR count). The Morgan fingerprint density at radius 2 is 1.80 bits per heavy atom. The zero-order chi connectivity index (χ0) is 15.2. The van der Waals surface area contributed by atoms with E-state index in [0.717, 1.165) is 0 Å². The first-order valence-electron chi connectivity index (χ1n) is 6.25. The van der Waals surface area contributed by atoms with Gasteiger partial charge in [-0.2, -0.15) is 0 Å². The van der Waals surface area contributed by atoms with Gasteiger partial charge in [0.25, 0.3) is 5.91 Å². The second-order valence-corrected chi connectivity index (χ2v) is 5.73. The van der Waals surface area contributed by atoms with E-state index in [2.05, 4.69) is 10.6 Å². The highest BCUT2D eigenvalue weighted by atomic mass is 35.5. The Kier molecular flexibility index (Phi) is 5.98. The summed E-state index contributed by atoms with van der Waals surface area (Å²) in [5, 5.41) is 14.8. The predicted molar refractivity (Wildman–Crippen MR) is 77.7 cm³/mol. The summed E-state index contributed by atoms with van der Waals surface area (Å²) in [6.07, 6.45) is 0. The number of aliphatic hydroxyl groups is 1. The summed E-state index contributed by atoms with van der Waals surface area (Å²) in [6.45, 7) is 3.88. The molecule has 1 aromatic carbocycles. The molecule has 1 aromatic rings. The molecule has 0 aliphatic rings. The second kappa shape index (κ2) is 7.26. The first kappa shape index (κ1) is 16.5. The molecular weight excluding hydrogens is 280 g/mol. The number of amides is 2. The maximum Gasteiger partial charge on any atom is 0.251 e. The van der Waals surface area contributed by atoms with E-state index < -0.39 is 0 Å². The summed E-state index contributed by atoms with van der Waals surface area (Å²) < 4.78 is 0. The Bertz CT molecular complexity index is 472. The van der Waals surface area contributed by atoms with Crippen LogP contribution in [0.25, 0.3) is 0 Å². The molecule has 0 heterocycles. The average molecular weight is 299 g/mol. The fourth-order valence-electron chi connectivity index (χ4n) is 1.32. The summed E-state index contributed by atoms with van der Waals surface area (Å²) >= 11 is 5.73. The zero-order valence-electron chi connectivity index (χ0n) is 11.6. The average Bonchev–Trinajstić information content (AvgIpc) is 2.43. The molecule has 3 N–H and O–H groups in total. The molecule has 0 bridgehead atoms. The van der Waals surface area contributed by atoms with Crippen LogP contribution in [0.4, 0.5) is 0 Å². The third-order valence-electron chi connectivity index (χ3n) is 2.71. The number of aliphatic hydroxyl groups excluding tert-OH is 1. The molecule has 110 valence electrons. The lowest BCUT2D eigenvalue weighted by molar-refractivity contribution is -0.120. The van der Waals surface area contributed by atoms with E-state index in [1.54, 1.807) is 24.3 Å². The maximum absolute atomic E-state index is 11.7. The van der Waals surface area contributed by atoms with Crippen molar-refractivity contribution in [1.29, 1.82) is 0 Å². The standard InChI is InChI=1S/C14H19ClN2O3/c1-14(2,9-18)8-17-12(19)7-16-13(20)10-3-5-11(15)6-4-10/h3-6,18H,7-9H2,1-2H3,(H,16,20)(H,17,19). The van der Waals surface area contributed by atoms with Crippen LogP contribution in [0.1, 0.15) is 24.2 Å². The molecule has 5 nitrogen and oxygen atoms in total. The van der Waals surface area contributed by atoms with Gasteiger partial charge in [-0.25, -0.2) is 0 Å². The van der Waals surface area contributed by atoms with Crippen molar-refractivity contribution in [3.63, 3.8) is 0 Å². The molecule has 0 saturated heterocycles. The predicted octanol–water partition coefficient (Wildman–Crippen LogP) is 1.20. The highest BCUT2D eigenvalue weighted by Crippen LogP contribution is 2.11. The van der Waals surface area contributed by atoms with Gasteiger partial charge in [-0.05, 0) is 24.3 Å². The van der Waals surface area contributed by atoms with Crippen LogP contribution in [-0.2, 0) is 4.79 Å². The number of halogens is 1. The van der Waals surface area contributed by atoms with Crippen molar-refractivity contribution in [1.82, 2.24) is 10.6 Å². The van der Waals surface area contributed by atoms with Crippen molar-refractivity contribution in [2.24, 2.45) is 5.41 Å². The highest BCUT2D eigenvalue weighted by molar-refractivity contribution is 6.30. The Hall–Kier alpha value is -1.59. The minimum absolute atomic E-state index is 0.0234.